The molecular weight excluding hydrogens is 366 g/mol. The van der Waals surface area contributed by atoms with E-state index >= 15 is 0 Å². The van der Waals surface area contributed by atoms with Crippen LogP contribution in [-0.4, -0.2) is 30.4 Å². The first-order chi connectivity index (χ1) is 13.0. The molecule has 0 N–H and O–H groups in total. The number of ether oxygens (including phenoxy) is 1. The molecule has 27 heavy (non-hydrogen) atoms. The Morgan fingerprint density at radius 2 is 1.70 bits per heavy atom. The summed E-state index contributed by atoms with van der Waals surface area (Å²) in [5.74, 6) is 0.479. The molecule has 0 saturated heterocycles. The molecule has 0 radical (unpaired) electrons. The van der Waals surface area contributed by atoms with Crippen LogP contribution in [0.1, 0.15) is 16.1 Å². The van der Waals surface area contributed by atoms with Gasteiger partial charge in [0.25, 0.3) is 5.91 Å². The third-order valence-electron chi connectivity index (χ3n) is 3.95. The smallest absolute Gasteiger partial charge is 0.338 e. The number of nitrogens with zero attached hydrogens (tertiary/aromatic N) is 1. The third kappa shape index (κ3) is 4.99. The van der Waals surface area contributed by atoms with Crippen molar-refractivity contribution in [2.75, 3.05) is 13.7 Å². The second-order valence-corrected chi connectivity index (χ2v) is 6.40. The molecule has 0 aliphatic carbocycles. The van der Waals surface area contributed by atoms with Gasteiger partial charge < -0.3 is 14.1 Å². The van der Waals surface area contributed by atoms with Gasteiger partial charge in [0.2, 0.25) is 0 Å². The summed E-state index contributed by atoms with van der Waals surface area (Å²) >= 11 is 5.89. The monoisotopic (exact) mass is 383 g/mol. The van der Waals surface area contributed by atoms with Gasteiger partial charge in [0.15, 0.2) is 6.61 Å². The number of hydrogen-bond donors (Lipinski definition) is 0. The Morgan fingerprint density at radius 1 is 1.00 bits per heavy atom. The van der Waals surface area contributed by atoms with E-state index in [1.54, 1.807) is 49.5 Å². The Morgan fingerprint density at radius 3 is 2.41 bits per heavy atom. The molecule has 3 rings (SSSR count). The van der Waals surface area contributed by atoms with Crippen LogP contribution < -0.4 is 0 Å². The van der Waals surface area contributed by atoms with Gasteiger partial charge in [-0.3, -0.25) is 4.79 Å². The Balaban J connectivity index is 1.54. The lowest BCUT2D eigenvalue weighted by Gasteiger charge is -2.15. The minimum Gasteiger partial charge on any atom is -0.459 e. The van der Waals surface area contributed by atoms with Gasteiger partial charge in [0.05, 0.1) is 12.1 Å². The van der Waals surface area contributed by atoms with E-state index in [2.05, 4.69) is 0 Å². The van der Waals surface area contributed by atoms with Gasteiger partial charge in [-0.2, -0.15) is 0 Å². The van der Waals surface area contributed by atoms with Crippen LogP contribution in [0.25, 0.3) is 11.3 Å². The Kier molecular flexibility index (Phi) is 5.94. The Hall–Kier alpha value is -3.05. The van der Waals surface area contributed by atoms with E-state index in [0.717, 1.165) is 5.56 Å². The van der Waals surface area contributed by atoms with E-state index < -0.39 is 5.97 Å². The summed E-state index contributed by atoms with van der Waals surface area (Å²) in [5, 5.41) is 0.654. The lowest BCUT2D eigenvalue weighted by Crippen LogP contribution is -2.30. The molecule has 0 unspecified atom stereocenters. The zero-order valence-electron chi connectivity index (χ0n) is 14.7. The van der Waals surface area contributed by atoms with E-state index in [9.17, 15) is 9.59 Å². The van der Waals surface area contributed by atoms with E-state index in [0.29, 0.717) is 22.1 Å². The molecule has 1 heterocycles. The SMILES string of the molecule is CN(Cc1ccc(-c2ccc(Cl)cc2)o1)C(=O)COC(=O)c1ccccc1. The van der Waals surface area contributed by atoms with Crippen molar-refractivity contribution in [1.82, 2.24) is 4.90 Å². The number of carbonyl (C=O) groups excluding carboxylic acids is 2. The molecule has 1 amide bonds. The molecule has 0 atom stereocenters. The molecule has 2 aromatic carbocycles. The van der Waals surface area contributed by atoms with E-state index in [4.69, 9.17) is 20.8 Å². The van der Waals surface area contributed by atoms with Crippen molar-refractivity contribution in [2.45, 2.75) is 6.54 Å². The number of rotatable bonds is 6. The lowest BCUT2D eigenvalue weighted by atomic mass is 10.2. The summed E-state index contributed by atoms with van der Waals surface area (Å²) in [6.07, 6.45) is 0. The molecule has 1 aromatic heterocycles. The molecule has 0 saturated carbocycles. The fourth-order valence-electron chi connectivity index (χ4n) is 2.45. The second kappa shape index (κ2) is 8.56. The molecule has 0 aliphatic rings. The predicted molar refractivity (Wildman–Crippen MR) is 102 cm³/mol. The summed E-state index contributed by atoms with van der Waals surface area (Å²) in [7, 11) is 1.63. The van der Waals surface area contributed by atoms with Crippen molar-refractivity contribution < 1.29 is 18.7 Å². The van der Waals surface area contributed by atoms with Gasteiger partial charge >= 0.3 is 5.97 Å². The van der Waals surface area contributed by atoms with Crippen molar-refractivity contribution in [3.63, 3.8) is 0 Å². The summed E-state index contributed by atoms with van der Waals surface area (Å²) < 4.78 is 10.8. The molecule has 0 spiro atoms. The molecule has 138 valence electrons. The van der Waals surface area contributed by atoms with Crippen LogP contribution in [0.3, 0.4) is 0 Å². The minimum absolute atomic E-state index is 0.273. The number of carbonyl (C=O) groups is 2. The predicted octanol–water partition coefficient (Wildman–Crippen LogP) is 4.42. The maximum absolute atomic E-state index is 12.2. The van der Waals surface area contributed by atoms with Crippen LogP contribution in [0.15, 0.2) is 71.1 Å². The minimum atomic E-state index is -0.527. The van der Waals surface area contributed by atoms with Crippen LogP contribution >= 0.6 is 11.6 Å². The summed E-state index contributed by atoms with van der Waals surface area (Å²) in [5.41, 5.74) is 1.31. The summed E-state index contributed by atoms with van der Waals surface area (Å²) in [6.45, 7) is -0.0513. The molecular formula is C21H18ClNO4. The fraction of sp³-hybridized carbons (Fsp3) is 0.143. The van der Waals surface area contributed by atoms with Crippen LogP contribution in [0.4, 0.5) is 0 Å². The topological polar surface area (TPSA) is 59.8 Å². The van der Waals surface area contributed by atoms with Gasteiger partial charge in [0, 0.05) is 17.6 Å². The standard InChI is InChI=1S/C21H18ClNO4/c1-23(20(24)14-26-21(25)16-5-3-2-4-6-16)13-18-11-12-19(27-18)15-7-9-17(22)10-8-15/h2-12H,13-14H2,1H3. The summed E-state index contributed by atoms with van der Waals surface area (Å²) in [4.78, 5) is 25.5. The maximum atomic E-state index is 12.2. The first-order valence-electron chi connectivity index (χ1n) is 8.34. The molecule has 6 heteroatoms. The zero-order chi connectivity index (χ0) is 19.2. The van der Waals surface area contributed by atoms with Crippen molar-refractivity contribution >= 4 is 23.5 Å². The lowest BCUT2D eigenvalue weighted by molar-refractivity contribution is -0.133. The van der Waals surface area contributed by atoms with Gasteiger partial charge in [0.1, 0.15) is 11.5 Å². The largest absolute Gasteiger partial charge is 0.459 e. The first kappa shape index (κ1) is 18.7. The Labute approximate surface area is 162 Å². The van der Waals surface area contributed by atoms with E-state index in [1.807, 2.05) is 24.3 Å². The highest BCUT2D eigenvalue weighted by atomic mass is 35.5. The number of esters is 1. The number of hydrogen-bond acceptors (Lipinski definition) is 4. The number of furan rings is 1. The zero-order valence-corrected chi connectivity index (χ0v) is 15.5. The highest BCUT2D eigenvalue weighted by Crippen LogP contribution is 2.24. The maximum Gasteiger partial charge on any atom is 0.338 e. The van der Waals surface area contributed by atoms with E-state index in [-0.39, 0.29) is 19.1 Å². The normalized spacial score (nSPS) is 10.4. The molecule has 0 bridgehead atoms. The van der Waals surface area contributed by atoms with Gasteiger partial charge in [-0.25, -0.2) is 4.79 Å². The first-order valence-corrected chi connectivity index (χ1v) is 8.71. The number of likely N-dealkylation sites (N-methyl/N-ethyl adjacent to an activating group) is 1. The third-order valence-corrected chi connectivity index (χ3v) is 4.20. The van der Waals surface area contributed by atoms with Crippen molar-refractivity contribution in [2.24, 2.45) is 0 Å². The quantitative estimate of drug-likeness (QED) is 0.591. The average molecular weight is 384 g/mol. The van der Waals surface area contributed by atoms with Crippen LogP contribution in [-0.2, 0) is 16.1 Å². The molecule has 3 aromatic rings. The average Bonchev–Trinajstić information content (AvgIpc) is 3.15. The highest BCUT2D eigenvalue weighted by Gasteiger charge is 2.15. The van der Waals surface area contributed by atoms with Gasteiger partial charge in [-0.1, -0.05) is 29.8 Å². The number of amides is 1. The van der Waals surface area contributed by atoms with Crippen molar-refractivity contribution in [1.29, 1.82) is 0 Å². The fourth-order valence-corrected chi connectivity index (χ4v) is 2.58. The second-order valence-electron chi connectivity index (χ2n) is 5.96. The number of halogens is 1. The van der Waals surface area contributed by atoms with Crippen LogP contribution in [0, 0.1) is 0 Å². The van der Waals surface area contributed by atoms with Crippen molar-refractivity contribution in [3.05, 3.63) is 83.1 Å². The van der Waals surface area contributed by atoms with Crippen molar-refractivity contribution in [3.8, 4) is 11.3 Å². The Bertz CT molecular complexity index is 919. The van der Waals surface area contributed by atoms with E-state index in [1.165, 1.54) is 4.90 Å². The molecule has 0 fully saturated rings. The highest BCUT2D eigenvalue weighted by molar-refractivity contribution is 6.30. The molecule has 5 nitrogen and oxygen atoms in total. The molecule has 0 aliphatic heterocycles. The van der Waals surface area contributed by atoms with Gasteiger partial charge in [-0.05, 0) is 48.5 Å². The summed E-state index contributed by atoms with van der Waals surface area (Å²) in [6, 6.07) is 19.5. The van der Waals surface area contributed by atoms with Crippen LogP contribution in [0.2, 0.25) is 5.02 Å². The van der Waals surface area contributed by atoms with Crippen LogP contribution in [0.5, 0.6) is 0 Å². The van der Waals surface area contributed by atoms with Gasteiger partial charge in [-0.15, -0.1) is 0 Å². The number of benzene rings is 2.